The first-order chi connectivity index (χ1) is 10.3. The van der Waals surface area contributed by atoms with E-state index in [4.69, 9.17) is 0 Å². The van der Waals surface area contributed by atoms with Crippen LogP contribution in [0.1, 0.15) is 56.9 Å². The molecule has 4 atom stereocenters. The zero-order chi connectivity index (χ0) is 14.1. The van der Waals surface area contributed by atoms with Gasteiger partial charge < -0.3 is 5.32 Å². The highest BCUT2D eigenvalue weighted by molar-refractivity contribution is 5.63. The molecule has 21 heavy (non-hydrogen) atoms. The summed E-state index contributed by atoms with van der Waals surface area (Å²) in [5, 5.41) is 3.99. The van der Waals surface area contributed by atoms with E-state index in [1.165, 1.54) is 57.3 Å². The minimum absolute atomic E-state index is 0.376. The molecule has 1 aromatic carbocycles. The summed E-state index contributed by atoms with van der Waals surface area (Å²) in [6.07, 6.45) is 8.39. The molecule has 0 radical (unpaired) electrons. The summed E-state index contributed by atoms with van der Waals surface area (Å²) in [5.41, 5.74) is 4.01. The number of fused-ring (bicyclic) bond motifs is 1. The maximum absolute atomic E-state index is 3.99. The highest BCUT2D eigenvalue weighted by Gasteiger charge is 2.63. The number of rotatable bonds is 1. The molecule has 2 bridgehead atoms. The van der Waals surface area contributed by atoms with Crippen LogP contribution in [0.4, 0.5) is 5.69 Å². The van der Waals surface area contributed by atoms with Crippen molar-refractivity contribution in [1.29, 1.82) is 0 Å². The monoisotopic (exact) mass is 282 g/mol. The zero-order valence-electron chi connectivity index (χ0n) is 13.1. The van der Waals surface area contributed by atoms with Gasteiger partial charge in [0, 0.05) is 29.7 Å². The van der Waals surface area contributed by atoms with Crippen LogP contribution in [0, 0.1) is 5.41 Å². The fourth-order valence-electron chi connectivity index (χ4n) is 6.33. The number of piperidine rings is 2. The average Bonchev–Trinajstić information content (AvgIpc) is 2.89. The number of nitrogens with zero attached hydrogens (tertiary/aromatic N) is 1. The molecule has 112 valence electrons. The molecule has 4 aliphatic rings. The molecule has 3 aliphatic heterocycles. The smallest absolute Gasteiger partial charge is 0.0470 e. The molecule has 3 fully saturated rings. The van der Waals surface area contributed by atoms with Gasteiger partial charge in [-0.3, -0.25) is 4.90 Å². The van der Waals surface area contributed by atoms with E-state index in [1.807, 2.05) is 0 Å². The fourth-order valence-corrected chi connectivity index (χ4v) is 6.33. The van der Waals surface area contributed by atoms with Gasteiger partial charge in [-0.25, -0.2) is 0 Å². The SMILES string of the molecule is CCC12CCCN3CCC4(CC1)Nc1ccccc1C4C32. The van der Waals surface area contributed by atoms with E-state index in [9.17, 15) is 0 Å². The Labute approximate surface area is 127 Å². The number of para-hydroxylation sites is 1. The number of nitrogens with one attached hydrogen (secondary N) is 1. The fraction of sp³-hybridized carbons (Fsp3) is 0.684. The molecule has 3 heterocycles. The Balaban J connectivity index is 1.69. The van der Waals surface area contributed by atoms with Gasteiger partial charge in [-0.2, -0.15) is 0 Å². The van der Waals surface area contributed by atoms with Crippen LogP contribution >= 0.6 is 0 Å². The van der Waals surface area contributed by atoms with Gasteiger partial charge >= 0.3 is 0 Å². The molecule has 0 amide bonds. The van der Waals surface area contributed by atoms with Crippen LogP contribution in [0.25, 0.3) is 0 Å². The lowest BCUT2D eigenvalue weighted by Crippen LogP contribution is -2.67. The molecule has 0 spiro atoms. The third kappa shape index (κ3) is 1.42. The van der Waals surface area contributed by atoms with Crippen molar-refractivity contribution in [2.45, 2.75) is 62.9 Å². The van der Waals surface area contributed by atoms with Crippen molar-refractivity contribution >= 4 is 5.69 Å². The predicted molar refractivity (Wildman–Crippen MR) is 86.7 cm³/mol. The van der Waals surface area contributed by atoms with Crippen molar-refractivity contribution in [2.24, 2.45) is 5.41 Å². The lowest BCUT2D eigenvalue weighted by atomic mass is 9.52. The topological polar surface area (TPSA) is 15.3 Å². The Morgan fingerprint density at radius 2 is 2.05 bits per heavy atom. The van der Waals surface area contributed by atoms with Crippen molar-refractivity contribution < 1.29 is 0 Å². The summed E-state index contributed by atoms with van der Waals surface area (Å²) < 4.78 is 0. The van der Waals surface area contributed by atoms with Crippen LogP contribution in [-0.2, 0) is 0 Å². The molecule has 1 saturated carbocycles. The van der Waals surface area contributed by atoms with Crippen molar-refractivity contribution in [3.8, 4) is 0 Å². The Hall–Kier alpha value is -1.02. The van der Waals surface area contributed by atoms with Crippen molar-refractivity contribution in [3.05, 3.63) is 29.8 Å². The first-order valence-corrected chi connectivity index (χ1v) is 8.89. The maximum atomic E-state index is 3.99. The first kappa shape index (κ1) is 12.5. The third-order valence-corrected chi connectivity index (χ3v) is 7.35. The molecule has 2 nitrogen and oxygen atoms in total. The second-order valence-corrected chi connectivity index (χ2v) is 7.90. The third-order valence-electron chi connectivity index (χ3n) is 7.35. The highest BCUT2D eigenvalue weighted by atomic mass is 15.2. The van der Waals surface area contributed by atoms with Gasteiger partial charge in [-0.05, 0) is 62.1 Å². The van der Waals surface area contributed by atoms with Gasteiger partial charge in [-0.1, -0.05) is 25.1 Å². The van der Waals surface area contributed by atoms with E-state index in [1.54, 1.807) is 5.56 Å². The van der Waals surface area contributed by atoms with E-state index in [-0.39, 0.29) is 0 Å². The molecular formula is C19H26N2. The number of hydrogen-bond donors (Lipinski definition) is 1. The Kier molecular flexibility index (Phi) is 2.41. The van der Waals surface area contributed by atoms with Crippen LogP contribution < -0.4 is 5.32 Å². The largest absolute Gasteiger partial charge is 0.379 e. The second-order valence-electron chi connectivity index (χ2n) is 7.90. The van der Waals surface area contributed by atoms with E-state index in [0.29, 0.717) is 11.0 Å². The summed E-state index contributed by atoms with van der Waals surface area (Å²) in [6.45, 7) is 5.09. The van der Waals surface area contributed by atoms with E-state index >= 15 is 0 Å². The molecule has 2 heteroatoms. The lowest BCUT2D eigenvalue weighted by molar-refractivity contribution is -0.0850. The second kappa shape index (κ2) is 4.04. The van der Waals surface area contributed by atoms with Crippen LogP contribution in [0.2, 0.25) is 0 Å². The van der Waals surface area contributed by atoms with Gasteiger partial charge in [0.2, 0.25) is 0 Å². The van der Waals surface area contributed by atoms with Crippen LogP contribution in [0.3, 0.4) is 0 Å². The molecule has 1 aliphatic carbocycles. The highest BCUT2D eigenvalue weighted by Crippen LogP contribution is 2.63. The maximum Gasteiger partial charge on any atom is 0.0470 e. The van der Waals surface area contributed by atoms with Crippen molar-refractivity contribution in [1.82, 2.24) is 4.90 Å². The number of anilines is 1. The van der Waals surface area contributed by atoms with E-state index in [2.05, 4.69) is 41.4 Å². The molecule has 2 saturated heterocycles. The Morgan fingerprint density at radius 3 is 2.95 bits per heavy atom. The first-order valence-electron chi connectivity index (χ1n) is 8.89. The Bertz CT molecular complexity index is 583. The van der Waals surface area contributed by atoms with E-state index < -0.39 is 0 Å². The molecular weight excluding hydrogens is 256 g/mol. The van der Waals surface area contributed by atoms with Gasteiger partial charge in [0.1, 0.15) is 0 Å². The van der Waals surface area contributed by atoms with Crippen LogP contribution in [0.15, 0.2) is 24.3 Å². The lowest BCUT2D eigenvalue weighted by Gasteiger charge is -2.63. The van der Waals surface area contributed by atoms with Crippen LogP contribution in [-0.4, -0.2) is 29.6 Å². The number of benzene rings is 1. The van der Waals surface area contributed by atoms with Gasteiger partial charge in [-0.15, -0.1) is 0 Å². The summed E-state index contributed by atoms with van der Waals surface area (Å²) >= 11 is 0. The molecule has 1 aromatic rings. The summed E-state index contributed by atoms with van der Waals surface area (Å²) in [5.74, 6) is 0.733. The van der Waals surface area contributed by atoms with Crippen molar-refractivity contribution in [2.75, 3.05) is 18.4 Å². The zero-order valence-corrected chi connectivity index (χ0v) is 13.1. The molecule has 0 aromatic heterocycles. The standard InChI is InChI=1S/C19H26N2/c1-2-18-8-5-12-21-13-11-19(10-9-18)16(17(18)21)14-6-3-4-7-15(14)20-19/h3-4,6-7,16-17,20H,2,5,8-13H2,1H3. The summed E-state index contributed by atoms with van der Waals surface area (Å²) in [6, 6.07) is 9.93. The summed E-state index contributed by atoms with van der Waals surface area (Å²) in [7, 11) is 0. The van der Waals surface area contributed by atoms with Gasteiger partial charge in [0.25, 0.3) is 0 Å². The number of hydrogen-bond acceptors (Lipinski definition) is 2. The minimum Gasteiger partial charge on any atom is -0.379 e. The van der Waals surface area contributed by atoms with E-state index in [0.717, 1.165) is 12.0 Å². The van der Waals surface area contributed by atoms with Crippen LogP contribution in [0.5, 0.6) is 0 Å². The van der Waals surface area contributed by atoms with Crippen molar-refractivity contribution in [3.63, 3.8) is 0 Å². The van der Waals surface area contributed by atoms with Gasteiger partial charge in [0.15, 0.2) is 0 Å². The Morgan fingerprint density at radius 1 is 1.14 bits per heavy atom. The molecule has 4 unspecified atom stereocenters. The average molecular weight is 282 g/mol. The molecule has 5 rings (SSSR count). The predicted octanol–water partition coefficient (Wildman–Crippen LogP) is 3.99. The van der Waals surface area contributed by atoms with Gasteiger partial charge in [0.05, 0.1) is 0 Å². The quantitative estimate of drug-likeness (QED) is 0.838. The normalized spacial score (nSPS) is 43.9. The molecule has 1 N–H and O–H groups in total. The summed E-state index contributed by atoms with van der Waals surface area (Å²) in [4.78, 5) is 2.86. The minimum atomic E-state index is 0.376.